The molecule has 0 saturated heterocycles. The van der Waals surface area contributed by atoms with Crippen LogP contribution in [0.25, 0.3) is 0 Å². The van der Waals surface area contributed by atoms with E-state index >= 15 is 0 Å². The third-order valence-corrected chi connectivity index (χ3v) is 4.64. The van der Waals surface area contributed by atoms with Gasteiger partial charge in [0.15, 0.2) is 0 Å². The topological polar surface area (TPSA) is 98.2 Å². The van der Waals surface area contributed by atoms with E-state index in [1.807, 2.05) is 0 Å². The molecule has 0 saturated carbocycles. The first-order chi connectivity index (χ1) is 14.8. The Morgan fingerprint density at radius 1 is 0.806 bits per heavy atom. The van der Waals surface area contributed by atoms with Crippen LogP contribution >= 0.6 is 0 Å². The number of benzene rings is 3. The lowest BCUT2D eigenvalue weighted by Crippen LogP contribution is -2.30. The number of carboxylic acid groups (broad SMARTS) is 1. The van der Waals surface area contributed by atoms with Gasteiger partial charge in [-0.3, -0.25) is 19.3 Å². The van der Waals surface area contributed by atoms with Crippen molar-refractivity contribution in [3.63, 3.8) is 0 Å². The molecule has 3 aromatic rings. The van der Waals surface area contributed by atoms with Crippen LogP contribution in [0.5, 0.6) is 5.75 Å². The lowest BCUT2D eigenvalue weighted by atomic mass is 10.0. The fraction of sp³-hybridized carbons (Fsp3) is 0.125. The molecule has 31 heavy (non-hydrogen) atoms. The van der Waals surface area contributed by atoms with Crippen molar-refractivity contribution in [1.29, 1.82) is 0 Å². The van der Waals surface area contributed by atoms with Crippen LogP contribution in [-0.2, 0) is 11.2 Å². The largest absolute Gasteiger partial charge is 0.506 e. The first kappa shape index (κ1) is 21.6. The maximum atomic E-state index is 13.5. The minimum Gasteiger partial charge on any atom is -0.506 e. The molecule has 0 aliphatic rings. The van der Waals surface area contributed by atoms with Crippen LogP contribution in [0.3, 0.4) is 0 Å². The Balaban J connectivity index is 2.25. The average molecular weight is 418 g/mol. The van der Waals surface area contributed by atoms with Gasteiger partial charge >= 0.3 is 5.97 Å². The fourth-order valence-corrected chi connectivity index (χ4v) is 3.19. The van der Waals surface area contributed by atoms with E-state index in [1.54, 1.807) is 68.7 Å². The molecule has 0 radical (unpaired) electrons. The number of aliphatic carboxylic acids is 1. The van der Waals surface area contributed by atoms with Crippen LogP contribution in [0.2, 0.25) is 0 Å². The maximum absolute atomic E-state index is 13.5. The van der Waals surface area contributed by atoms with Crippen molar-refractivity contribution in [3.05, 3.63) is 89.5 Å². The Morgan fingerprint density at radius 2 is 1.45 bits per heavy atom. The summed E-state index contributed by atoms with van der Waals surface area (Å²) >= 11 is 0. The van der Waals surface area contributed by atoms with Crippen LogP contribution in [0.15, 0.2) is 72.8 Å². The molecule has 0 bridgehead atoms. The number of aromatic hydroxyl groups is 1. The first-order valence-corrected chi connectivity index (χ1v) is 9.53. The molecule has 0 unspecified atom stereocenters. The zero-order chi connectivity index (χ0) is 22.5. The monoisotopic (exact) mass is 418 g/mol. The van der Waals surface area contributed by atoms with Crippen molar-refractivity contribution >= 4 is 29.2 Å². The summed E-state index contributed by atoms with van der Waals surface area (Å²) in [6.45, 7) is 0. The summed E-state index contributed by atoms with van der Waals surface area (Å²) in [6, 6.07) is 19.4. The molecule has 158 valence electrons. The highest BCUT2D eigenvalue weighted by Crippen LogP contribution is 2.37. The molecule has 3 rings (SSSR count). The number of carboxylic acids is 1. The molecule has 7 nitrogen and oxygen atoms in total. The Kier molecular flexibility index (Phi) is 6.35. The number of rotatable bonds is 6. The lowest BCUT2D eigenvalue weighted by molar-refractivity contribution is -0.136. The number of amides is 2. The third kappa shape index (κ3) is 4.72. The average Bonchev–Trinajstić information content (AvgIpc) is 2.75. The van der Waals surface area contributed by atoms with Gasteiger partial charge in [0.25, 0.3) is 11.8 Å². The molecule has 7 heteroatoms. The van der Waals surface area contributed by atoms with E-state index in [9.17, 15) is 19.5 Å². The highest BCUT2D eigenvalue weighted by molar-refractivity contribution is 6.15. The van der Waals surface area contributed by atoms with Gasteiger partial charge in [-0.15, -0.1) is 0 Å². The van der Waals surface area contributed by atoms with Gasteiger partial charge in [0.05, 0.1) is 23.4 Å². The molecular weight excluding hydrogens is 396 g/mol. The maximum Gasteiger partial charge on any atom is 0.307 e. The van der Waals surface area contributed by atoms with Crippen molar-refractivity contribution in [2.75, 3.05) is 19.0 Å². The predicted octanol–water partition coefficient (Wildman–Crippen LogP) is 3.70. The Hall–Kier alpha value is -4.13. The molecule has 3 aromatic carbocycles. The van der Waals surface area contributed by atoms with Crippen molar-refractivity contribution in [2.45, 2.75) is 6.42 Å². The van der Waals surface area contributed by atoms with Crippen LogP contribution in [-0.4, -0.2) is 47.0 Å². The molecule has 0 heterocycles. The Morgan fingerprint density at radius 3 is 2.06 bits per heavy atom. The molecule has 0 fully saturated rings. The second-order valence-electron chi connectivity index (χ2n) is 7.12. The molecule has 2 amide bonds. The number of para-hydroxylation sites is 2. The van der Waals surface area contributed by atoms with Gasteiger partial charge in [0.1, 0.15) is 5.75 Å². The van der Waals surface area contributed by atoms with Gasteiger partial charge < -0.3 is 15.1 Å². The summed E-state index contributed by atoms with van der Waals surface area (Å²) in [5, 5.41) is 19.6. The highest BCUT2D eigenvalue weighted by Gasteiger charge is 2.27. The number of phenols is 1. The number of hydrogen-bond acceptors (Lipinski definition) is 4. The summed E-state index contributed by atoms with van der Waals surface area (Å²) in [7, 11) is 3.14. The van der Waals surface area contributed by atoms with Gasteiger partial charge in [-0.1, -0.05) is 36.4 Å². The lowest BCUT2D eigenvalue weighted by Gasteiger charge is -2.27. The Bertz CT molecular complexity index is 1130. The summed E-state index contributed by atoms with van der Waals surface area (Å²) in [5.74, 6) is -2.01. The SMILES string of the molecule is CN(C)C(=O)c1cc(CC(=O)O)ccc1N(C(=O)c1ccccc1)c1ccccc1O. The van der Waals surface area contributed by atoms with E-state index in [-0.39, 0.29) is 29.1 Å². The van der Waals surface area contributed by atoms with E-state index in [0.29, 0.717) is 11.1 Å². The van der Waals surface area contributed by atoms with Gasteiger partial charge in [0, 0.05) is 19.7 Å². The van der Waals surface area contributed by atoms with E-state index in [1.165, 1.54) is 28.0 Å². The van der Waals surface area contributed by atoms with E-state index < -0.39 is 17.8 Å². The normalized spacial score (nSPS) is 10.4. The summed E-state index contributed by atoms with van der Waals surface area (Å²) < 4.78 is 0. The zero-order valence-corrected chi connectivity index (χ0v) is 17.1. The summed E-state index contributed by atoms with van der Waals surface area (Å²) in [4.78, 5) is 40.2. The van der Waals surface area contributed by atoms with Gasteiger partial charge in [-0.25, -0.2) is 0 Å². The number of anilines is 2. The van der Waals surface area contributed by atoms with Crippen LogP contribution < -0.4 is 4.90 Å². The van der Waals surface area contributed by atoms with Gasteiger partial charge in [-0.2, -0.15) is 0 Å². The number of phenolic OH excluding ortho intramolecular Hbond substituents is 1. The minimum absolute atomic E-state index is 0.135. The number of nitrogens with zero attached hydrogens (tertiary/aromatic N) is 2. The van der Waals surface area contributed by atoms with Crippen LogP contribution in [0, 0.1) is 0 Å². The van der Waals surface area contributed by atoms with E-state index in [4.69, 9.17) is 5.11 Å². The third-order valence-electron chi connectivity index (χ3n) is 4.64. The summed E-state index contributed by atoms with van der Waals surface area (Å²) in [6.07, 6.45) is -0.267. The Labute approximate surface area is 179 Å². The van der Waals surface area contributed by atoms with Crippen LogP contribution in [0.1, 0.15) is 26.3 Å². The minimum atomic E-state index is -1.03. The van der Waals surface area contributed by atoms with Crippen LogP contribution in [0.4, 0.5) is 11.4 Å². The smallest absolute Gasteiger partial charge is 0.307 e. The van der Waals surface area contributed by atoms with Crippen molar-refractivity contribution < 1.29 is 24.6 Å². The van der Waals surface area contributed by atoms with Gasteiger partial charge in [0.2, 0.25) is 0 Å². The van der Waals surface area contributed by atoms with E-state index in [2.05, 4.69) is 0 Å². The zero-order valence-electron chi connectivity index (χ0n) is 17.1. The molecular formula is C24H22N2O5. The van der Waals surface area contributed by atoms with Crippen molar-refractivity contribution in [3.8, 4) is 5.75 Å². The number of carbonyl (C=O) groups is 3. The highest BCUT2D eigenvalue weighted by atomic mass is 16.4. The second kappa shape index (κ2) is 9.13. The van der Waals surface area contributed by atoms with Crippen molar-refractivity contribution in [2.24, 2.45) is 0 Å². The molecule has 0 aliphatic heterocycles. The standard InChI is InChI=1S/C24H22N2O5/c1-25(2)24(31)18-14-16(15-22(28)29)12-13-19(18)26(20-10-6-7-11-21(20)27)23(30)17-8-4-3-5-9-17/h3-14,27H,15H2,1-2H3,(H,28,29). The summed E-state index contributed by atoms with van der Waals surface area (Å²) in [5.41, 5.74) is 1.38. The second-order valence-corrected chi connectivity index (χ2v) is 7.12. The molecule has 2 N–H and O–H groups in total. The predicted molar refractivity (Wildman–Crippen MR) is 117 cm³/mol. The van der Waals surface area contributed by atoms with Crippen molar-refractivity contribution in [1.82, 2.24) is 4.90 Å². The molecule has 0 aromatic heterocycles. The van der Waals surface area contributed by atoms with Gasteiger partial charge in [-0.05, 0) is 42.0 Å². The molecule has 0 aliphatic carbocycles. The fourth-order valence-electron chi connectivity index (χ4n) is 3.19. The number of carbonyl (C=O) groups excluding carboxylic acids is 2. The molecule has 0 spiro atoms. The first-order valence-electron chi connectivity index (χ1n) is 9.53. The number of hydrogen-bond donors (Lipinski definition) is 2. The van der Waals surface area contributed by atoms with E-state index in [0.717, 1.165) is 0 Å². The molecule has 0 atom stereocenters. The quantitative estimate of drug-likeness (QED) is 0.636.